The van der Waals surface area contributed by atoms with Crippen molar-refractivity contribution in [3.05, 3.63) is 48.3 Å². The number of nitrogens with zero attached hydrogens (tertiary/aromatic N) is 2. The van der Waals surface area contributed by atoms with E-state index < -0.39 is 0 Å². The van der Waals surface area contributed by atoms with Crippen LogP contribution in [0.15, 0.2) is 42.7 Å². The summed E-state index contributed by atoms with van der Waals surface area (Å²) in [6.07, 6.45) is 11.0. The van der Waals surface area contributed by atoms with Gasteiger partial charge in [0.15, 0.2) is 0 Å². The molecule has 1 heterocycles. The van der Waals surface area contributed by atoms with Crippen molar-refractivity contribution in [1.82, 2.24) is 9.78 Å². The monoisotopic (exact) mass is 318 g/mol. The Morgan fingerprint density at radius 1 is 1.11 bits per heavy atom. The van der Waals surface area contributed by atoms with Crippen LogP contribution in [0.2, 0.25) is 0 Å². The molecule has 1 saturated carbocycles. The summed E-state index contributed by atoms with van der Waals surface area (Å²) in [5.74, 6) is 0.766. The summed E-state index contributed by atoms with van der Waals surface area (Å²) in [4.78, 5) is 0.449. The highest BCUT2D eigenvalue weighted by atomic mass is 79.9. The van der Waals surface area contributed by atoms with Crippen LogP contribution in [0.4, 0.5) is 0 Å². The van der Waals surface area contributed by atoms with E-state index in [0.29, 0.717) is 4.83 Å². The predicted octanol–water partition coefficient (Wildman–Crippen LogP) is 4.89. The molecule has 19 heavy (non-hydrogen) atoms. The highest BCUT2D eigenvalue weighted by Gasteiger charge is 2.23. The van der Waals surface area contributed by atoms with Crippen LogP contribution in [0.25, 0.3) is 5.69 Å². The Labute approximate surface area is 123 Å². The smallest absolute Gasteiger partial charge is 0.0645 e. The van der Waals surface area contributed by atoms with Crippen LogP contribution >= 0.6 is 15.9 Å². The van der Waals surface area contributed by atoms with E-state index in [1.165, 1.54) is 37.7 Å². The Morgan fingerprint density at radius 3 is 2.58 bits per heavy atom. The van der Waals surface area contributed by atoms with Crippen LogP contribution in [-0.4, -0.2) is 9.78 Å². The van der Waals surface area contributed by atoms with Gasteiger partial charge in [0.25, 0.3) is 0 Å². The van der Waals surface area contributed by atoms with Gasteiger partial charge >= 0.3 is 0 Å². The fourth-order valence-electron chi connectivity index (χ4n) is 2.90. The summed E-state index contributed by atoms with van der Waals surface area (Å²) in [5, 5.41) is 4.49. The van der Waals surface area contributed by atoms with Crippen LogP contribution in [0.5, 0.6) is 0 Å². The number of para-hydroxylation sites is 1. The zero-order valence-electron chi connectivity index (χ0n) is 11.0. The quantitative estimate of drug-likeness (QED) is 0.737. The molecule has 3 rings (SSSR count). The van der Waals surface area contributed by atoms with Gasteiger partial charge in [-0.15, -0.1) is 0 Å². The van der Waals surface area contributed by atoms with Gasteiger partial charge in [0, 0.05) is 16.6 Å². The number of hydrogen-bond acceptors (Lipinski definition) is 1. The molecule has 2 nitrogen and oxygen atoms in total. The maximum atomic E-state index is 4.49. The number of rotatable bonds is 3. The Bertz CT molecular complexity index is 515. The maximum Gasteiger partial charge on any atom is 0.0645 e. The number of hydrogen-bond donors (Lipinski definition) is 0. The van der Waals surface area contributed by atoms with Gasteiger partial charge in [-0.25, -0.2) is 4.68 Å². The van der Waals surface area contributed by atoms with Crippen molar-refractivity contribution in [3.8, 4) is 5.69 Å². The molecule has 100 valence electrons. The van der Waals surface area contributed by atoms with Crippen molar-refractivity contribution in [2.75, 3.05) is 0 Å². The zero-order valence-corrected chi connectivity index (χ0v) is 12.6. The molecule has 0 amide bonds. The van der Waals surface area contributed by atoms with E-state index in [2.05, 4.69) is 39.4 Å². The molecule has 1 unspecified atom stereocenters. The first-order chi connectivity index (χ1) is 9.34. The van der Waals surface area contributed by atoms with E-state index in [1.54, 1.807) is 0 Å². The Morgan fingerprint density at radius 2 is 1.84 bits per heavy atom. The van der Waals surface area contributed by atoms with Gasteiger partial charge in [0.05, 0.1) is 11.9 Å². The molecule has 1 aliphatic carbocycles. The number of halogens is 1. The van der Waals surface area contributed by atoms with Gasteiger partial charge in [-0.1, -0.05) is 53.4 Å². The molecule has 1 atom stereocenters. The third-order valence-electron chi connectivity index (χ3n) is 4.01. The van der Waals surface area contributed by atoms with E-state index in [1.807, 2.05) is 29.1 Å². The lowest BCUT2D eigenvalue weighted by molar-refractivity contribution is 0.354. The number of aromatic nitrogens is 2. The average Bonchev–Trinajstić information content (AvgIpc) is 2.98. The molecule has 1 fully saturated rings. The number of alkyl halides is 1. The lowest BCUT2D eigenvalue weighted by Gasteiger charge is -2.25. The van der Waals surface area contributed by atoms with Crippen molar-refractivity contribution in [2.45, 2.75) is 36.9 Å². The Balaban J connectivity index is 1.77. The SMILES string of the molecule is BrC(c1cnn(-c2ccccc2)c1)C1CCCCC1. The van der Waals surface area contributed by atoms with Crippen LogP contribution < -0.4 is 0 Å². The minimum Gasteiger partial charge on any atom is -0.241 e. The van der Waals surface area contributed by atoms with Crippen LogP contribution in [0.3, 0.4) is 0 Å². The fourth-order valence-corrected chi connectivity index (χ4v) is 3.67. The van der Waals surface area contributed by atoms with E-state index in [0.717, 1.165) is 11.6 Å². The molecule has 0 spiro atoms. The third kappa shape index (κ3) is 2.92. The number of benzene rings is 1. The molecular formula is C16H19BrN2. The van der Waals surface area contributed by atoms with Crippen LogP contribution in [-0.2, 0) is 0 Å². The topological polar surface area (TPSA) is 17.8 Å². The molecule has 2 aromatic rings. The maximum absolute atomic E-state index is 4.49. The lowest BCUT2D eigenvalue weighted by atomic mass is 9.85. The summed E-state index contributed by atoms with van der Waals surface area (Å²) >= 11 is 3.88. The highest BCUT2D eigenvalue weighted by Crippen LogP contribution is 2.39. The van der Waals surface area contributed by atoms with Gasteiger partial charge in [-0.3, -0.25) is 0 Å². The second-order valence-electron chi connectivity index (χ2n) is 5.35. The molecule has 0 radical (unpaired) electrons. The molecule has 1 aliphatic rings. The third-order valence-corrected chi connectivity index (χ3v) is 5.28. The van der Waals surface area contributed by atoms with E-state index in [-0.39, 0.29) is 0 Å². The first-order valence-corrected chi connectivity index (χ1v) is 8.00. The standard InChI is InChI=1S/C16H19BrN2/c17-16(13-7-3-1-4-8-13)14-11-18-19(12-14)15-9-5-2-6-10-15/h2,5-6,9-13,16H,1,3-4,7-8H2. The summed E-state index contributed by atoms with van der Waals surface area (Å²) in [5.41, 5.74) is 2.42. The first kappa shape index (κ1) is 12.9. The molecule has 0 bridgehead atoms. The Hall–Kier alpha value is -1.09. The molecule has 1 aromatic heterocycles. The van der Waals surface area contributed by atoms with E-state index in [4.69, 9.17) is 0 Å². The van der Waals surface area contributed by atoms with Gasteiger partial charge in [0.2, 0.25) is 0 Å². The van der Waals surface area contributed by atoms with Crippen molar-refractivity contribution in [3.63, 3.8) is 0 Å². The summed E-state index contributed by atoms with van der Waals surface area (Å²) in [6.45, 7) is 0. The van der Waals surface area contributed by atoms with E-state index in [9.17, 15) is 0 Å². The van der Waals surface area contributed by atoms with Gasteiger partial charge < -0.3 is 0 Å². The van der Waals surface area contributed by atoms with Gasteiger partial charge in [-0.05, 0) is 30.9 Å². The van der Waals surface area contributed by atoms with Crippen molar-refractivity contribution < 1.29 is 0 Å². The second-order valence-corrected chi connectivity index (χ2v) is 6.34. The molecule has 0 aliphatic heterocycles. The second kappa shape index (κ2) is 5.91. The van der Waals surface area contributed by atoms with Crippen LogP contribution in [0.1, 0.15) is 42.5 Å². The predicted molar refractivity (Wildman–Crippen MR) is 81.8 cm³/mol. The van der Waals surface area contributed by atoms with Gasteiger partial charge in [0.1, 0.15) is 0 Å². The fraction of sp³-hybridized carbons (Fsp3) is 0.438. The van der Waals surface area contributed by atoms with Crippen molar-refractivity contribution >= 4 is 15.9 Å². The largest absolute Gasteiger partial charge is 0.241 e. The summed E-state index contributed by atoms with van der Waals surface area (Å²) < 4.78 is 1.96. The molecule has 3 heteroatoms. The lowest BCUT2D eigenvalue weighted by Crippen LogP contribution is -2.11. The molecular weight excluding hydrogens is 300 g/mol. The minimum absolute atomic E-state index is 0.449. The first-order valence-electron chi connectivity index (χ1n) is 7.08. The van der Waals surface area contributed by atoms with Crippen molar-refractivity contribution in [2.24, 2.45) is 5.92 Å². The normalized spacial score (nSPS) is 18.4. The average molecular weight is 319 g/mol. The van der Waals surface area contributed by atoms with Crippen molar-refractivity contribution in [1.29, 1.82) is 0 Å². The highest BCUT2D eigenvalue weighted by molar-refractivity contribution is 9.09. The van der Waals surface area contributed by atoms with Crippen LogP contribution in [0, 0.1) is 5.92 Å². The molecule has 0 N–H and O–H groups in total. The minimum atomic E-state index is 0.449. The van der Waals surface area contributed by atoms with Gasteiger partial charge in [-0.2, -0.15) is 5.10 Å². The van der Waals surface area contributed by atoms with E-state index >= 15 is 0 Å². The Kier molecular flexibility index (Phi) is 4.02. The molecule has 0 saturated heterocycles. The molecule has 1 aromatic carbocycles. The summed E-state index contributed by atoms with van der Waals surface area (Å²) in [7, 11) is 0. The summed E-state index contributed by atoms with van der Waals surface area (Å²) in [6, 6.07) is 10.3. The zero-order chi connectivity index (χ0) is 13.1.